The highest BCUT2D eigenvalue weighted by Crippen LogP contribution is 2.30. The summed E-state index contributed by atoms with van der Waals surface area (Å²) >= 11 is 12.2. The highest BCUT2D eigenvalue weighted by Gasteiger charge is 2.47. The Balaban J connectivity index is 1.56. The zero-order valence-electron chi connectivity index (χ0n) is 18.4. The Hall–Kier alpha value is -0.900. The van der Waals surface area contributed by atoms with Crippen LogP contribution < -0.4 is 0 Å². The van der Waals surface area contributed by atoms with E-state index in [0.717, 1.165) is 31.5 Å². The van der Waals surface area contributed by atoms with Crippen LogP contribution in [0.5, 0.6) is 0 Å². The van der Waals surface area contributed by atoms with E-state index in [1.807, 2.05) is 11.0 Å². The Morgan fingerprint density at radius 1 is 1.06 bits per heavy atom. The van der Waals surface area contributed by atoms with Crippen molar-refractivity contribution < 1.29 is 17.9 Å². The number of carbonyl (C=O) groups excluding carboxylic acids is 1. The van der Waals surface area contributed by atoms with Gasteiger partial charge in [-0.3, -0.25) is 14.6 Å². The van der Waals surface area contributed by atoms with Gasteiger partial charge in [0.1, 0.15) is 9.84 Å². The molecule has 0 spiro atoms. The summed E-state index contributed by atoms with van der Waals surface area (Å²) in [5.41, 5.74) is 0.838. The van der Waals surface area contributed by atoms with Crippen LogP contribution in [0.3, 0.4) is 0 Å². The van der Waals surface area contributed by atoms with Crippen LogP contribution in [0.4, 0.5) is 0 Å². The number of ether oxygens (including phenoxy) is 1. The molecule has 178 valence electrons. The maximum atomic E-state index is 13.5. The van der Waals surface area contributed by atoms with Gasteiger partial charge < -0.3 is 9.64 Å². The molecule has 0 saturated carbocycles. The Kier molecular flexibility index (Phi) is 7.69. The van der Waals surface area contributed by atoms with Gasteiger partial charge in [-0.25, -0.2) is 8.42 Å². The van der Waals surface area contributed by atoms with Crippen molar-refractivity contribution in [1.82, 2.24) is 14.7 Å². The Morgan fingerprint density at radius 2 is 1.78 bits per heavy atom. The molecule has 32 heavy (non-hydrogen) atoms. The first kappa shape index (κ1) is 24.2. The van der Waals surface area contributed by atoms with Gasteiger partial charge in [-0.15, -0.1) is 0 Å². The number of nitrogens with zero attached hydrogens (tertiary/aromatic N) is 3. The summed E-state index contributed by atoms with van der Waals surface area (Å²) < 4.78 is 29.6. The summed E-state index contributed by atoms with van der Waals surface area (Å²) in [6.07, 6.45) is 3.84. The molecule has 1 aromatic carbocycles. The number of rotatable bonds is 6. The van der Waals surface area contributed by atoms with E-state index in [4.69, 9.17) is 27.9 Å². The highest BCUT2D eigenvalue weighted by molar-refractivity contribution is 7.90. The second kappa shape index (κ2) is 10.2. The van der Waals surface area contributed by atoms with Crippen molar-refractivity contribution in [3.05, 3.63) is 33.8 Å². The van der Waals surface area contributed by atoms with E-state index in [2.05, 4.69) is 9.80 Å². The van der Waals surface area contributed by atoms with Crippen LogP contribution in [0.1, 0.15) is 18.4 Å². The summed E-state index contributed by atoms with van der Waals surface area (Å²) in [5.74, 6) is 0.175. The molecule has 3 aliphatic rings. The zero-order valence-corrected chi connectivity index (χ0v) is 20.7. The molecule has 10 heteroatoms. The average molecular weight is 504 g/mol. The third-order valence-electron chi connectivity index (χ3n) is 6.84. The van der Waals surface area contributed by atoms with Crippen molar-refractivity contribution in [3.63, 3.8) is 0 Å². The maximum Gasteiger partial charge on any atom is 0.227 e. The van der Waals surface area contributed by atoms with Crippen molar-refractivity contribution >= 4 is 38.9 Å². The smallest absolute Gasteiger partial charge is 0.227 e. The predicted octanol–water partition coefficient (Wildman–Crippen LogP) is 1.96. The first-order chi connectivity index (χ1) is 15.2. The standard InChI is InChI=1S/C22H31Cl2N3O4S/c1-32(29,30)11-10-26-8-9-27(21(28)13-16-4-5-17(23)18(24)12-16)22-19(14-31-15-20(22)26)25-6-2-3-7-25/h4-5,12,19-20,22H,2-3,6-11,13-15H2,1H3/t19-,20+,22+/m0/s1. The fraction of sp³-hybridized carbons (Fsp3) is 0.682. The third-order valence-corrected chi connectivity index (χ3v) is 8.50. The molecule has 3 heterocycles. The van der Waals surface area contributed by atoms with Gasteiger partial charge in [-0.1, -0.05) is 29.3 Å². The minimum absolute atomic E-state index is 0.0115. The van der Waals surface area contributed by atoms with Crippen molar-refractivity contribution in [3.8, 4) is 0 Å². The van der Waals surface area contributed by atoms with Crippen molar-refractivity contribution in [2.75, 3.05) is 57.9 Å². The van der Waals surface area contributed by atoms with Crippen LogP contribution in [-0.2, 0) is 25.8 Å². The lowest BCUT2D eigenvalue weighted by Crippen LogP contribution is -2.71. The SMILES string of the molecule is CS(=O)(=O)CCN1CCN(C(=O)Cc2ccc(Cl)c(Cl)c2)[C@H]2[C@H]1COC[C@@H]2N1CCCC1. The van der Waals surface area contributed by atoms with Crippen LogP contribution in [0.25, 0.3) is 0 Å². The number of likely N-dealkylation sites (tertiary alicyclic amines) is 1. The third kappa shape index (κ3) is 5.59. The van der Waals surface area contributed by atoms with Crippen molar-refractivity contribution in [2.24, 2.45) is 0 Å². The molecule has 0 aromatic heterocycles. The van der Waals surface area contributed by atoms with E-state index in [-0.39, 0.29) is 36.2 Å². The largest absolute Gasteiger partial charge is 0.378 e. The second-order valence-corrected chi connectivity index (χ2v) is 12.2. The molecular formula is C22H31Cl2N3O4S. The molecule has 3 fully saturated rings. The topological polar surface area (TPSA) is 70.2 Å². The van der Waals surface area contributed by atoms with E-state index < -0.39 is 9.84 Å². The number of fused-ring (bicyclic) bond motifs is 1. The Labute approximate surface area is 200 Å². The van der Waals surface area contributed by atoms with Gasteiger partial charge in [0, 0.05) is 25.9 Å². The minimum atomic E-state index is -3.07. The van der Waals surface area contributed by atoms with E-state index in [1.54, 1.807) is 12.1 Å². The van der Waals surface area contributed by atoms with Gasteiger partial charge in [0.15, 0.2) is 0 Å². The number of hydrogen-bond donors (Lipinski definition) is 0. The second-order valence-electron chi connectivity index (χ2n) is 9.08. The van der Waals surface area contributed by atoms with Crippen molar-refractivity contribution in [2.45, 2.75) is 37.4 Å². The molecule has 4 rings (SSSR count). The lowest BCUT2D eigenvalue weighted by atomic mass is 9.91. The predicted molar refractivity (Wildman–Crippen MR) is 126 cm³/mol. The van der Waals surface area contributed by atoms with Gasteiger partial charge in [0.25, 0.3) is 0 Å². The van der Waals surface area contributed by atoms with Gasteiger partial charge in [-0.2, -0.15) is 0 Å². The number of hydrogen-bond acceptors (Lipinski definition) is 6. The number of piperazine rings is 1. The van der Waals surface area contributed by atoms with E-state index in [0.29, 0.717) is 42.9 Å². The normalized spacial score (nSPS) is 27.5. The van der Waals surface area contributed by atoms with E-state index in [1.165, 1.54) is 6.26 Å². The molecule has 0 aliphatic carbocycles. The summed E-state index contributed by atoms with van der Waals surface area (Å²) in [6.45, 7) is 4.80. The van der Waals surface area contributed by atoms with Crippen molar-refractivity contribution in [1.29, 1.82) is 0 Å². The number of benzene rings is 1. The first-order valence-corrected chi connectivity index (χ1v) is 14.0. The van der Waals surface area contributed by atoms with Gasteiger partial charge in [0.05, 0.1) is 53.6 Å². The van der Waals surface area contributed by atoms with Crippen LogP contribution in [0.15, 0.2) is 18.2 Å². The summed E-state index contributed by atoms with van der Waals surface area (Å²) in [5, 5.41) is 0.919. The number of carbonyl (C=O) groups is 1. The van der Waals surface area contributed by atoms with Crippen LogP contribution in [0, 0.1) is 0 Å². The lowest BCUT2D eigenvalue weighted by molar-refractivity contribution is -0.152. The quantitative estimate of drug-likeness (QED) is 0.590. The summed E-state index contributed by atoms with van der Waals surface area (Å²) in [7, 11) is -3.07. The molecular weight excluding hydrogens is 473 g/mol. The molecule has 1 amide bonds. The highest BCUT2D eigenvalue weighted by atomic mass is 35.5. The fourth-order valence-electron chi connectivity index (χ4n) is 5.22. The maximum absolute atomic E-state index is 13.5. The van der Waals surface area contributed by atoms with E-state index >= 15 is 0 Å². The lowest BCUT2D eigenvalue weighted by Gasteiger charge is -2.54. The Morgan fingerprint density at radius 3 is 2.47 bits per heavy atom. The molecule has 0 bridgehead atoms. The monoisotopic (exact) mass is 503 g/mol. The van der Waals surface area contributed by atoms with Crippen LogP contribution >= 0.6 is 23.2 Å². The van der Waals surface area contributed by atoms with E-state index in [9.17, 15) is 13.2 Å². The first-order valence-electron chi connectivity index (χ1n) is 11.2. The molecule has 7 nitrogen and oxygen atoms in total. The number of amides is 1. The number of halogens is 2. The molecule has 3 aliphatic heterocycles. The van der Waals surface area contributed by atoms with Gasteiger partial charge in [0.2, 0.25) is 5.91 Å². The number of sulfone groups is 1. The summed E-state index contributed by atoms with van der Waals surface area (Å²) in [6, 6.07) is 5.40. The fourth-order valence-corrected chi connectivity index (χ4v) is 6.11. The van der Waals surface area contributed by atoms with Crippen LogP contribution in [0.2, 0.25) is 10.0 Å². The average Bonchev–Trinajstić information content (AvgIpc) is 3.28. The van der Waals surface area contributed by atoms with Crippen LogP contribution in [-0.4, -0.2) is 105 Å². The molecule has 3 atom stereocenters. The molecule has 0 N–H and O–H groups in total. The molecule has 1 aromatic rings. The van der Waals surface area contributed by atoms with Gasteiger partial charge in [-0.05, 0) is 43.6 Å². The van der Waals surface area contributed by atoms with Gasteiger partial charge >= 0.3 is 0 Å². The Bertz CT molecular complexity index is 939. The molecule has 0 radical (unpaired) electrons. The zero-order chi connectivity index (χ0) is 22.9. The molecule has 0 unspecified atom stereocenters. The minimum Gasteiger partial charge on any atom is -0.378 e. The molecule has 3 saturated heterocycles. The summed E-state index contributed by atoms with van der Waals surface area (Å²) in [4.78, 5) is 20.1.